The van der Waals surface area contributed by atoms with Crippen molar-refractivity contribution in [2.75, 3.05) is 6.61 Å². The van der Waals surface area contributed by atoms with E-state index >= 15 is 0 Å². The van der Waals surface area contributed by atoms with Crippen molar-refractivity contribution in [1.82, 2.24) is 5.32 Å². The fraction of sp³-hybridized carbons (Fsp3) is 0.368. The fourth-order valence-electron chi connectivity index (χ4n) is 3.10. The molecule has 1 aromatic carbocycles. The number of hydrogen-bond acceptors (Lipinski definition) is 6. The van der Waals surface area contributed by atoms with Crippen LogP contribution in [0.1, 0.15) is 37.8 Å². The molecule has 0 amide bonds. The smallest absolute Gasteiger partial charge is 0.456 e. The zero-order valence-corrected chi connectivity index (χ0v) is 14.7. The standard InChI is InChI=1S/C19H21NO5/c1-10(2)24-19(22)25-17-12(4)20-14-9-23-18(21)16(14)15(17)13-8-6-5-7-11(13)3/h5-8,10,15,20H,9H2,1-4H3. The van der Waals surface area contributed by atoms with Gasteiger partial charge in [-0.2, -0.15) is 0 Å². The van der Waals surface area contributed by atoms with Crippen LogP contribution < -0.4 is 5.32 Å². The van der Waals surface area contributed by atoms with Crippen molar-refractivity contribution in [3.63, 3.8) is 0 Å². The van der Waals surface area contributed by atoms with E-state index in [9.17, 15) is 9.59 Å². The SMILES string of the molecule is CC1=C(OC(=O)OC(C)C)C(c2ccccc2C)C2=C(COC2=O)N1. The first-order valence-corrected chi connectivity index (χ1v) is 8.20. The van der Waals surface area contributed by atoms with E-state index < -0.39 is 18.0 Å². The minimum Gasteiger partial charge on any atom is -0.456 e. The van der Waals surface area contributed by atoms with Gasteiger partial charge in [-0.25, -0.2) is 9.59 Å². The number of ether oxygens (including phenoxy) is 3. The Kier molecular flexibility index (Phi) is 4.53. The van der Waals surface area contributed by atoms with Gasteiger partial charge in [-0.15, -0.1) is 0 Å². The number of dihydropyridines is 1. The summed E-state index contributed by atoms with van der Waals surface area (Å²) < 4.78 is 15.8. The second-order valence-electron chi connectivity index (χ2n) is 6.39. The molecule has 0 aliphatic carbocycles. The Balaban J connectivity index is 2.05. The van der Waals surface area contributed by atoms with E-state index in [-0.39, 0.29) is 12.7 Å². The highest BCUT2D eigenvalue weighted by Gasteiger charge is 2.41. The van der Waals surface area contributed by atoms with Gasteiger partial charge in [-0.1, -0.05) is 24.3 Å². The minimum atomic E-state index is -0.792. The van der Waals surface area contributed by atoms with Crippen molar-refractivity contribution in [3.05, 3.63) is 58.1 Å². The monoisotopic (exact) mass is 343 g/mol. The number of aryl methyl sites for hydroxylation is 1. The number of hydrogen-bond donors (Lipinski definition) is 1. The highest BCUT2D eigenvalue weighted by atomic mass is 16.7. The highest BCUT2D eigenvalue weighted by molar-refractivity contribution is 5.95. The van der Waals surface area contributed by atoms with Crippen molar-refractivity contribution in [3.8, 4) is 0 Å². The number of nitrogens with one attached hydrogen (secondary N) is 1. The highest BCUT2D eigenvalue weighted by Crippen LogP contribution is 2.42. The van der Waals surface area contributed by atoms with E-state index in [1.165, 1.54) is 0 Å². The van der Waals surface area contributed by atoms with Crippen molar-refractivity contribution in [1.29, 1.82) is 0 Å². The number of esters is 1. The number of benzene rings is 1. The van der Waals surface area contributed by atoms with Gasteiger partial charge in [0.1, 0.15) is 12.4 Å². The Labute approximate surface area is 146 Å². The summed E-state index contributed by atoms with van der Waals surface area (Å²) in [5, 5.41) is 3.12. The second kappa shape index (κ2) is 6.63. The van der Waals surface area contributed by atoms with E-state index in [0.29, 0.717) is 22.7 Å². The molecule has 6 heteroatoms. The molecule has 0 bridgehead atoms. The third-order valence-electron chi connectivity index (χ3n) is 4.18. The van der Waals surface area contributed by atoms with Gasteiger partial charge in [-0.3, -0.25) is 0 Å². The van der Waals surface area contributed by atoms with Gasteiger partial charge in [0.15, 0.2) is 0 Å². The summed E-state index contributed by atoms with van der Waals surface area (Å²) in [7, 11) is 0. The molecule has 6 nitrogen and oxygen atoms in total. The average molecular weight is 343 g/mol. The number of allylic oxidation sites excluding steroid dienone is 2. The van der Waals surface area contributed by atoms with E-state index in [4.69, 9.17) is 14.2 Å². The molecule has 0 fully saturated rings. The van der Waals surface area contributed by atoms with Gasteiger partial charge in [0.25, 0.3) is 0 Å². The van der Waals surface area contributed by atoms with Gasteiger partial charge >= 0.3 is 12.1 Å². The summed E-state index contributed by atoms with van der Waals surface area (Å²) >= 11 is 0. The molecule has 0 aromatic heterocycles. The van der Waals surface area contributed by atoms with Crippen LogP contribution in [-0.4, -0.2) is 24.8 Å². The zero-order chi connectivity index (χ0) is 18.1. The maximum absolute atomic E-state index is 12.3. The first kappa shape index (κ1) is 17.1. The van der Waals surface area contributed by atoms with E-state index in [1.807, 2.05) is 31.2 Å². The van der Waals surface area contributed by atoms with Crippen molar-refractivity contribution >= 4 is 12.1 Å². The normalized spacial score (nSPS) is 19.6. The quantitative estimate of drug-likeness (QED) is 0.849. The van der Waals surface area contributed by atoms with Crippen molar-refractivity contribution in [2.45, 2.75) is 39.7 Å². The zero-order valence-electron chi connectivity index (χ0n) is 14.7. The maximum atomic E-state index is 12.3. The summed E-state index contributed by atoms with van der Waals surface area (Å²) in [6.45, 7) is 7.44. The van der Waals surface area contributed by atoms with Gasteiger partial charge < -0.3 is 19.5 Å². The van der Waals surface area contributed by atoms with Crippen LogP contribution in [0.3, 0.4) is 0 Å². The molecule has 2 aliphatic rings. The average Bonchev–Trinajstić information content (AvgIpc) is 2.89. The lowest BCUT2D eigenvalue weighted by Gasteiger charge is -2.28. The number of carbonyl (C=O) groups excluding carboxylic acids is 2. The Bertz CT molecular complexity index is 791. The lowest BCUT2D eigenvalue weighted by molar-refractivity contribution is -0.136. The molecule has 0 radical (unpaired) electrons. The number of cyclic esters (lactones) is 1. The van der Waals surface area contributed by atoms with Gasteiger partial charge in [-0.05, 0) is 38.8 Å². The second-order valence-corrected chi connectivity index (χ2v) is 6.39. The Hall–Kier alpha value is -2.76. The molecule has 1 aromatic rings. The van der Waals surface area contributed by atoms with E-state index in [0.717, 1.165) is 11.1 Å². The molecule has 0 spiro atoms. The maximum Gasteiger partial charge on any atom is 0.513 e. The fourth-order valence-corrected chi connectivity index (χ4v) is 3.10. The lowest BCUT2D eigenvalue weighted by atomic mass is 9.83. The molecule has 25 heavy (non-hydrogen) atoms. The molecular formula is C19H21NO5. The van der Waals surface area contributed by atoms with Crippen LogP contribution in [0, 0.1) is 6.92 Å². The van der Waals surface area contributed by atoms with E-state index in [1.54, 1.807) is 20.8 Å². The van der Waals surface area contributed by atoms with Crippen LogP contribution >= 0.6 is 0 Å². The number of rotatable bonds is 3. The molecule has 3 rings (SSSR count). The van der Waals surface area contributed by atoms with Gasteiger partial charge in [0, 0.05) is 0 Å². The summed E-state index contributed by atoms with van der Waals surface area (Å²) in [4.78, 5) is 24.4. The molecule has 132 valence electrons. The van der Waals surface area contributed by atoms with Gasteiger partial charge in [0.2, 0.25) is 0 Å². The number of carbonyl (C=O) groups is 2. The summed E-state index contributed by atoms with van der Waals surface area (Å²) in [5.41, 5.74) is 3.73. The van der Waals surface area contributed by atoms with Crippen LogP contribution in [0.4, 0.5) is 4.79 Å². The molecular weight excluding hydrogens is 322 g/mol. The van der Waals surface area contributed by atoms with Crippen LogP contribution in [0.25, 0.3) is 0 Å². The minimum absolute atomic E-state index is 0.192. The first-order chi connectivity index (χ1) is 11.9. The lowest BCUT2D eigenvalue weighted by Crippen LogP contribution is -2.29. The molecule has 1 unspecified atom stereocenters. The Morgan fingerprint density at radius 1 is 1.28 bits per heavy atom. The van der Waals surface area contributed by atoms with Crippen LogP contribution in [0.2, 0.25) is 0 Å². The third kappa shape index (κ3) is 3.24. The molecule has 1 N–H and O–H groups in total. The Morgan fingerprint density at radius 3 is 2.68 bits per heavy atom. The van der Waals surface area contributed by atoms with Crippen molar-refractivity contribution in [2.24, 2.45) is 0 Å². The molecule has 0 saturated carbocycles. The van der Waals surface area contributed by atoms with Crippen LogP contribution in [-0.2, 0) is 19.0 Å². The molecule has 2 aliphatic heterocycles. The Morgan fingerprint density at radius 2 is 2.00 bits per heavy atom. The summed E-state index contributed by atoms with van der Waals surface area (Å²) in [6.07, 6.45) is -1.09. The summed E-state index contributed by atoms with van der Waals surface area (Å²) in [6, 6.07) is 7.69. The topological polar surface area (TPSA) is 73.9 Å². The molecule has 1 atom stereocenters. The van der Waals surface area contributed by atoms with Crippen LogP contribution in [0.15, 0.2) is 47.0 Å². The van der Waals surface area contributed by atoms with Gasteiger partial charge in [0.05, 0.1) is 29.0 Å². The van der Waals surface area contributed by atoms with E-state index in [2.05, 4.69) is 5.32 Å². The molecule has 0 saturated heterocycles. The van der Waals surface area contributed by atoms with Crippen LogP contribution in [0.5, 0.6) is 0 Å². The predicted octanol–water partition coefficient (Wildman–Crippen LogP) is 3.29. The van der Waals surface area contributed by atoms with Crippen molar-refractivity contribution < 1.29 is 23.8 Å². The third-order valence-corrected chi connectivity index (χ3v) is 4.18. The summed E-state index contributed by atoms with van der Waals surface area (Å²) in [5.74, 6) is -0.550. The largest absolute Gasteiger partial charge is 0.513 e. The predicted molar refractivity (Wildman–Crippen MR) is 90.4 cm³/mol. The molecule has 2 heterocycles. The first-order valence-electron chi connectivity index (χ1n) is 8.20.